The summed E-state index contributed by atoms with van der Waals surface area (Å²) < 4.78 is -0.431. The Morgan fingerprint density at radius 2 is 1.88 bits per heavy atom. The van der Waals surface area contributed by atoms with Gasteiger partial charge in [0.15, 0.2) is 0 Å². The van der Waals surface area contributed by atoms with E-state index in [4.69, 9.17) is 10.2 Å². The molecule has 1 saturated heterocycles. The normalized spacial score (nSPS) is 32.6. The number of carboxylic acid groups (broad SMARTS) is 2. The van der Waals surface area contributed by atoms with Crippen LogP contribution in [0, 0.1) is 0 Å². The Labute approximate surface area is 98.6 Å². The summed E-state index contributed by atoms with van der Waals surface area (Å²) >= 11 is 1.49. The first-order valence-electron chi connectivity index (χ1n) is 5.09. The van der Waals surface area contributed by atoms with Crippen molar-refractivity contribution in [2.45, 2.75) is 49.3 Å². The van der Waals surface area contributed by atoms with Crippen molar-refractivity contribution in [1.29, 1.82) is 0 Å². The number of carbonyl (C=O) groups is 2. The van der Waals surface area contributed by atoms with Crippen molar-refractivity contribution in [2.75, 3.05) is 0 Å². The van der Waals surface area contributed by atoms with Crippen molar-refractivity contribution in [3.63, 3.8) is 0 Å². The van der Waals surface area contributed by atoms with Gasteiger partial charge in [-0.2, -0.15) is 0 Å². The smallest absolute Gasteiger partial charge is 0.322 e. The third-order valence-corrected chi connectivity index (χ3v) is 4.23. The summed E-state index contributed by atoms with van der Waals surface area (Å²) in [6.07, 6.45) is 0.457. The van der Waals surface area contributed by atoms with Gasteiger partial charge in [0.25, 0.3) is 0 Å². The Bertz CT molecular complexity index is 318. The average molecular weight is 247 g/mol. The number of hydrogen-bond donors (Lipinski definition) is 3. The molecule has 1 aliphatic heterocycles. The first-order chi connectivity index (χ1) is 7.16. The van der Waals surface area contributed by atoms with Gasteiger partial charge in [0.05, 0.1) is 4.87 Å². The fourth-order valence-electron chi connectivity index (χ4n) is 1.98. The molecule has 1 heterocycles. The second-order valence-electron chi connectivity index (χ2n) is 4.75. The van der Waals surface area contributed by atoms with Crippen LogP contribution in [-0.4, -0.2) is 37.8 Å². The third kappa shape index (κ3) is 2.89. The average Bonchev–Trinajstić information content (AvgIpc) is 2.34. The maximum atomic E-state index is 11.1. The highest BCUT2D eigenvalue weighted by molar-refractivity contribution is 8.02. The highest BCUT2D eigenvalue weighted by atomic mass is 32.2. The summed E-state index contributed by atoms with van der Waals surface area (Å²) in [5.41, 5.74) is 0. The molecule has 0 aromatic carbocycles. The maximum Gasteiger partial charge on any atom is 0.322 e. The van der Waals surface area contributed by atoms with Crippen LogP contribution in [0.4, 0.5) is 0 Å². The number of rotatable bonds is 4. The van der Waals surface area contributed by atoms with E-state index in [2.05, 4.69) is 5.32 Å². The van der Waals surface area contributed by atoms with Crippen molar-refractivity contribution in [1.82, 2.24) is 5.32 Å². The molecule has 6 heteroatoms. The largest absolute Gasteiger partial charge is 0.481 e. The molecule has 0 radical (unpaired) electrons. The van der Waals surface area contributed by atoms with E-state index in [1.165, 1.54) is 11.8 Å². The van der Waals surface area contributed by atoms with E-state index in [1.807, 2.05) is 20.8 Å². The van der Waals surface area contributed by atoms with Crippen LogP contribution in [-0.2, 0) is 9.59 Å². The van der Waals surface area contributed by atoms with Crippen LogP contribution in [0.5, 0.6) is 0 Å². The lowest BCUT2D eigenvalue weighted by Crippen LogP contribution is -2.47. The maximum absolute atomic E-state index is 11.1. The molecule has 0 bridgehead atoms. The Morgan fingerprint density at radius 1 is 1.31 bits per heavy atom. The number of carboxylic acids is 2. The lowest BCUT2D eigenvalue weighted by Gasteiger charge is -2.24. The van der Waals surface area contributed by atoms with Crippen LogP contribution >= 0.6 is 11.8 Å². The van der Waals surface area contributed by atoms with E-state index >= 15 is 0 Å². The zero-order valence-electron chi connectivity index (χ0n) is 9.61. The van der Waals surface area contributed by atoms with Gasteiger partial charge in [0.1, 0.15) is 6.04 Å². The number of nitrogens with one attached hydrogen (secondary N) is 1. The van der Waals surface area contributed by atoms with Gasteiger partial charge in [-0.25, -0.2) is 0 Å². The minimum atomic E-state index is -0.892. The molecule has 1 rings (SSSR count). The standard InChI is InChI=1S/C10H17NO4S/c1-9(2)7(8(14)15)11-10(3,16-9)5-4-6(12)13/h7,11H,4-5H2,1-3H3,(H,12,13)(H,14,15). The fraction of sp³-hybridized carbons (Fsp3) is 0.800. The van der Waals surface area contributed by atoms with Gasteiger partial charge in [0, 0.05) is 11.2 Å². The Balaban J connectivity index is 2.73. The quantitative estimate of drug-likeness (QED) is 0.690. The van der Waals surface area contributed by atoms with Gasteiger partial charge < -0.3 is 10.2 Å². The first-order valence-corrected chi connectivity index (χ1v) is 5.90. The molecule has 3 N–H and O–H groups in total. The van der Waals surface area contributed by atoms with Crippen LogP contribution < -0.4 is 5.32 Å². The SMILES string of the molecule is CC1(CCC(=O)O)NC(C(=O)O)C(C)(C)S1. The Kier molecular flexibility index (Phi) is 3.54. The molecular formula is C10H17NO4S. The summed E-state index contributed by atoms with van der Waals surface area (Å²) in [5.74, 6) is -1.75. The first kappa shape index (κ1) is 13.3. The molecular weight excluding hydrogens is 230 g/mol. The number of thioether (sulfide) groups is 1. The minimum Gasteiger partial charge on any atom is -0.481 e. The molecule has 1 aliphatic rings. The predicted molar refractivity (Wildman–Crippen MR) is 61.5 cm³/mol. The van der Waals surface area contributed by atoms with E-state index in [1.54, 1.807) is 0 Å². The van der Waals surface area contributed by atoms with Crippen molar-refractivity contribution in [3.05, 3.63) is 0 Å². The van der Waals surface area contributed by atoms with Crippen LogP contribution in [0.2, 0.25) is 0 Å². The lowest BCUT2D eigenvalue weighted by molar-refractivity contribution is -0.140. The van der Waals surface area contributed by atoms with Crippen LogP contribution in [0.25, 0.3) is 0 Å². The highest BCUT2D eigenvalue weighted by Gasteiger charge is 2.50. The molecule has 5 nitrogen and oxygen atoms in total. The topological polar surface area (TPSA) is 86.6 Å². The number of aliphatic carboxylic acids is 2. The molecule has 1 fully saturated rings. The van der Waals surface area contributed by atoms with E-state index in [0.29, 0.717) is 6.42 Å². The van der Waals surface area contributed by atoms with Crippen molar-refractivity contribution < 1.29 is 19.8 Å². The zero-order valence-corrected chi connectivity index (χ0v) is 10.4. The summed E-state index contributed by atoms with van der Waals surface area (Å²) in [6.45, 7) is 5.57. The molecule has 0 saturated carbocycles. The third-order valence-electron chi connectivity index (χ3n) is 2.70. The fourth-order valence-corrected chi connectivity index (χ4v) is 3.80. The van der Waals surface area contributed by atoms with E-state index in [0.717, 1.165) is 0 Å². The summed E-state index contributed by atoms with van der Waals surface area (Å²) in [5, 5.41) is 20.7. The lowest BCUT2D eigenvalue weighted by atomic mass is 10.0. The van der Waals surface area contributed by atoms with Crippen molar-refractivity contribution in [3.8, 4) is 0 Å². The van der Waals surface area contributed by atoms with Gasteiger partial charge in [-0.1, -0.05) is 0 Å². The van der Waals surface area contributed by atoms with Gasteiger partial charge in [-0.05, 0) is 27.2 Å². The summed E-state index contributed by atoms with van der Waals surface area (Å²) in [7, 11) is 0. The Morgan fingerprint density at radius 3 is 2.25 bits per heavy atom. The Hall–Kier alpha value is -0.750. The van der Waals surface area contributed by atoms with E-state index < -0.39 is 27.6 Å². The molecule has 0 spiro atoms. The molecule has 2 unspecified atom stereocenters. The van der Waals surface area contributed by atoms with Gasteiger partial charge >= 0.3 is 11.9 Å². The van der Waals surface area contributed by atoms with Gasteiger partial charge in [0.2, 0.25) is 0 Å². The molecule has 92 valence electrons. The van der Waals surface area contributed by atoms with E-state index in [9.17, 15) is 9.59 Å². The highest BCUT2D eigenvalue weighted by Crippen LogP contribution is 2.46. The predicted octanol–water partition coefficient (Wildman–Crippen LogP) is 1.14. The van der Waals surface area contributed by atoms with Gasteiger partial charge in [-0.15, -0.1) is 11.8 Å². The molecule has 0 amide bonds. The molecule has 16 heavy (non-hydrogen) atoms. The summed E-state index contributed by atoms with van der Waals surface area (Å²) in [4.78, 5) is 21.1. The monoisotopic (exact) mass is 247 g/mol. The molecule has 2 atom stereocenters. The van der Waals surface area contributed by atoms with Crippen LogP contribution in [0.1, 0.15) is 33.6 Å². The zero-order chi connectivity index (χ0) is 12.6. The van der Waals surface area contributed by atoms with Crippen LogP contribution in [0.3, 0.4) is 0 Å². The summed E-state index contributed by atoms with van der Waals surface area (Å²) in [6, 6.07) is -0.642. The second kappa shape index (κ2) is 4.25. The van der Waals surface area contributed by atoms with Crippen molar-refractivity contribution in [2.24, 2.45) is 0 Å². The molecule has 0 aliphatic carbocycles. The van der Waals surface area contributed by atoms with Crippen LogP contribution in [0.15, 0.2) is 0 Å². The molecule has 0 aromatic rings. The minimum absolute atomic E-state index is 0.0406. The molecule has 0 aromatic heterocycles. The van der Waals surface area contributed by atoms with Gasteiger partial charge in [-0.3, -0.25) is 14.9 Å². The second-order valence-corrected chi connectivity index (χ2v) is 6.90. The van der Waals surface area contributed by atoms with E-state index in [-0.39, 0.29) is 6.42 Å². The van der Waals surface area contributed by atoms with Crippen molar-refractivity contribution >= 4 is 23.7 Å². The number of hydrogen-bond acceptors (Lipinski definition) is 4.